The summed E-state index contributed by atoms with van der Waals surface area (Å²) in [4.78, 5) is 29.9. The molecule has 1 unspecified atom stereocenters. The van der Waals surface area contributed by atoms with Crippen molar-refractivity contribution < 1.29 is 32.4 Å². The summed E-state index contributed by atoms with van der Waals surface area (Å²) in [6.07, 6.45) is 1.21. The smallest absolute Gasteiger partial charge is 0.311 e. The number of ether oxygens (including phenoxy) is 2. The topological polar surface area (TPSA) is 130 Å². The van der Waals surface area contributed by atoms with Crippen LogP contribution in [0.4, 0.5) is 18.9 Å². The minimum atomic E-state index is -3.72. The number of benzene rings is 1. The van der Waals surface area contributed by atoms with Crippen LogP contribution in [0.1, 0.15) is 23.0 Å². The van der Waals surface area contributed by atoms with Gasteiger partial charge in [0.2, 0.25) is 11.5 Å². The van der Waals surface area contributed by atoms with Crippen LogP contribution in [0.15, 0.2) is 35.5 Å². The van der Waals surface area contributed by atoms with Crippen molar-refractivity contribution in [2.24, 2.45) is 10.7 Å². The molecule has 1 aliphatic rings. The predicted octanol–water partition coefficient (Wildman–Crippen LogP) is 3.24. The monoisotopic (exact) mass is 458 g/mol. The van der Waals surface area contributed by atoms with Crippen LogP contribution in [-0.2, 0) is 10.3 Å². The van der Waals surface area contributed by atoms with E-state index >= 15 is 0 Å². The highest BCUT2D eigenvalue weighted by atomic mass is 35.5. The SMILES string of the molecule is CC1(c2cc([N+](=O)[O-])c(OCC(=O)c3ccc(Cl)cn3)cc2F)N=C(N)OCC1(F)F. The van der Waals surface area contributed by atoms with E-state index in [9.17, 15) is 28.1 Å². The number of pyridine rings is 1. The van der Waals surface area contributed by atoms with Gasteiger partial charge in [-0.3, -0.25) is 19.9 Å². The number of ketones is 1. The van der Waals surface area contributed by atoms with Gasteiger partial charge in [0, 0.05) is 23.9 Å². The molecule has 0 saturated carbocycles. The fourth-order valence-electron chi connectivity index (χ4n) is 2.83. The summed E-state index contributed by atoms with van der Waals surface area (Å²) in [6, 6.07) is 3.21. The van der Waals surface area contributed by atoms with Crippen LogP contribution in [0.5, 0.6) is 5.75 Å². The van der Waals surface area contributed by atoms with E-state index in [1.165, 1.54) is 18.3 Å². The number of carbonyl (C=O) groups is 1. The quantitative estimate of drug-likeness (QED) is 0.399. The fourth-order valence-corrected chi connectivity index (χ4v) is 2.94. The van der Waals surface area contributed by atoms with Crippen LogP contribution >= 0.6 is 11.6 Å². The lowest BCUT2D eigenvalue weighted by Gasteiger charge is -2.37. The Bertz CT molecular complexity index is 1080. The second-order valence-electron chi connectivity index (χ2n) is 6.65. The first-order valence-electron chi connectivity index (χ1n) is 8.56. The molecule has 1 aromatic carbocycles. The molecule has 3 rings (SSSR count). The van der Waals surface area contributed by atoms with Crippen LogP contribution in [0.2, 0.25) is 5.02 Å². The van der Waals surface area contributed by atoms with Gasteiger partial charge in [-0.2, -0.15) is 8.78 Å². The molecule has 0 spiro atoms. The summed E-state index contributed by atoms with van der Waals surface area (Å²) < 4.78 is 53.4. The third-order valence-electron chi connectivity index (χ3n) is 4.59. The molecule has 0 amide bonds. The van der Waals surface area contributed by atoms with Crippen molar-refractivity contribution in [1.29, 1.82) is 0 Å². The highest BCUT2D eigenvalue weighted by molar-refractivity contribution is 6.30. The molecule has 2 aromatic rings. The minimum absolute atomic E-state index is 0.0386. The average Bonchev–Trinajstić information content (AvgIpc) is 2.69. The number of nitrogens with two attached hydrogens (primary N) is 1. The number of rotatable bonds is 6. The number of amidine groups is 1. The molecule has 0 saturated heterocycles. The molecule has 1 aromatic heterocycles. The van der Waals surface area contributed by atoms with E-state index in [0.717, 1.165) is 6.92 Å². The van der Waals surface area contributed by atoms with Crippen molar-refractivity contribution in [1.82, 2.24) is 4.98 Å². The van der Waals surface area contributed by atoms with E-state index in [0.29, 0.717) is 12.1 Å². The summed E-state index contributed by atoms with van der Waals surface area (Å²) in [6.45, 7) is -1.03. The van der Waals surface area contributed by atoms with Gasteiger partial charge in [0.15, 0.2) is 18.8 Å². The molecule has 9 nitrogen and oxygen atoms in total. The van der Waals surface area contributed by atoms with Crippen molar-refractivity contribution in [3.05, 3.63) is 62.7 Å². The molecule has 2 N–H and O–H groups in total. The third kappa shape index (κ3) is 4.24. The molecule has 31 heavy (non-hydrogen) atoms. The van der Waals surface area contributed by atoms with Crippen LogP contribution < -0.4 is 10.5 Å². The second kappa shape index (κ2) is 8.02. The second-order valence-corrected chi connectivity index (χ2v) is 7.08. The molecule has 13 heteroatoms. The van der Waals surface area contributed by atoms with Crippen LogP contribution in [0, 0.1) is 15.9 Å². The van der Waals surface area contributed by atoms with Crippen LogP contribution in [0.25, 0.3) is 0 Å². The fraction of sp³-hybridized carbons (Fsp3) is 0.278. The summed E-state index contributed by atoms with van der Waals surface area (Å²) in [7, 11) is 0. The van der Waals surface area contributed by atoms with Gasteiger partial charge in [-0.1, -0.05) is 11.6 Å². The molecule has 164 valence electrons. The Balaban J connectivity index is 1.96. The maximum atomic E-state index is 14.8. The zero-order valence-corrected chi connectivity index (χ0v) is 16.5. The van der Waals surface area contributed by atoms with E-state index in [1.54, 1.807) is 0 Å². The Kier molecular flexibility index (Phi) is 5.77. The predicted molar refractivity (Wildman–Crippen MR) is 102 cm³/mol. The summed E-state index contributed by atoms with van der Waals surface area (Å²) in [5, 5.41) is 11.8. The zero-order chi connectivity index (χ0) is 23.0. The van der Waals surface area contributed by atoms with E-state index < -0.39 is 64.2 Å². The first kappa shape index (κ1) is 22.3. The molecular weight excluding hydrogens is 445 g/mol. The molecule has 0 fully saturated rings. The number of nitro groups is 1. The van der Waals surface area contributed by atoms with E-state index in [1.807, 2.05) is 0 Å². The Morgan fingerprint density at radius 3 is 2.74 bits per heavy atom. The number of hydrogen-bond acceptors (Lipinski definition) is 8. The summed E-state index contributed by atoms with van der Waals surface area (Å²) in [5.41, 5.74) is 1.13. The Morgan fingerprint density at radius 2 is 2.13 bits per heavy atom. The van der Waals surface area contributed by atoms with E-state index in [2.05, 4.69) is 14.7 Å². The summed E-state index contributed by atoms with van der Waals surface area (Å²) >= 11 is 5.68. The van der Waals surface area contributed by atoms with E-state index in [-0.39, 0.29) is 10.7 Å². The van der Waals surface area contributed by atoms with Crippen LogP contribution in [-0.4, -0.2) is 40.8 Å². The first-order valence-corrected chi connectivity index (χ1v) is 8.94. The Labute approximate surface area is 177 Å². The Morgan fingerprint density at radius 1 is 1.42 bits per heavy atom. The lowest BCUT2D eigenvalue weighted by Crippen LogP contribution is -2.51. The maximum absolute atomic E-state index is 14.8. The largest absolute Gasteiger partial charge is 0.478 e. The number of alkyl halides is 2. The zero-order valence-electron chi connectivity index (χ0n) is 15.8. The standard InChI is InChI=1S/C18H14ClF3N4O5/c1-17(18(21,22)8-31-16(23)25-17)10-4-13(26(28)29)15(5-11(10)20)30-7-14(27)12-3-2-9(19)6-24-12/h2-6H,7-8H2,1H3,(H2,23,25). The highest BCUT2D eigenvalue weighted by Gasteiger charge is 2.56. The number of carbonyl (C=O) groups excluding carboxylic acids is 1. The van der Waals surface area contributed by atoms with Gasteiger partial charge in [-0.05, 0) is 19.1 Å². The Hall–Kier alpha value is -3.41. The number of nitro benzene ring substituents is 1. The van der Waals surface area contributed by atoms with Gasteiger partial charge in [0.25, 0.3) is 6.02 Å². The van der Waals surface area contributed by atoms with Gasteiger partial charge in [-0.25, -0.2) is 9.38 Å². The third-order valence-corrected chi connectivity index (χ3v) is 4.81. The normalized spacial score (nSPS) is 19.8. The molecule has 0 bridgehead atoms. The molecule has 1 atom stereocenters. The number of aromatic nitrogens is 1. The minimum Gasteiger partial charge on any atom is -0.478 e. The van der Waals surface area contributed by atoms with Crippen molar-refractivity contribution >= 4 is 29.1 Å². The molecule has 0 radical (unpaired) electrons. The number of halogens is 4. The number of Topliss-reactive ketones (excluding diaryl/α,β-unsaturated/α-hetero) is 1. The lowest BCUT2D eigenvalue weighted by molar-refractivity contribution is -0.386. The lowest BCUT2D eigenvalue weighted by atomic mass is 9.85. The maximum Gasteiger partial charge on any atom is 0.311 e. The van der Waals surface area contributed by atoms with Gasteiger partial charge in [0.1, 0.15) is 11.5 Å². The van der Waals surface area contributed by atoms with Crippen molar-refractivity contribution in [3.63, 3.8) is 0 Å². The summed E-state index contributed by atoms with van der Waals surface area (Å²) in [5.74, 6) is -6.29. The highest BCUT2D eigenvalue weighted by Crippen LogP contribution is 2.46. The first-order chi connectivity index (χ1) is 14.4. The van der Waals surface area contributed by atoms with Gasteiger partial charge < -0.3 is 15.2 Å². The van der Waals surface area contributed by atoms with Gasteiger partial charge in [-0.15, -0.1) is 0 Å². The number of aliphatic imine (C=N–C) groups is 1. The van der Waals surface area contributed by atoms with Crippen molar-refractivity contribution in [3.8, 4) is 5.75 Å². The number of nitrogens with zero attached hydrogens (tertiary/aromatic N) is 3. The molecule has 0 aliphatic carbocycles. The molecule has 1 aliphatic heterocycles. The van der Waals surface area contributed by atoms with Crippen molar-refractivity contribution in [2.45, 2.75) is 18.4 Å². The van der Waals surface area contributed by atoms with E-state index in [4.69, 9.17) is 22.1 Å². The van der Waals surface area contributed by atoms with Crippen LogP contribution in [0.3, 0.4) is 0 Å². The molecule has 2 heterocycles. The average molecular weight is 459 g/mol. The van der Waals surface area contributed by atoms with Gasteiger partial charge >= 0.3 is 11.6 Å². The molecular formula is C18H14ClF3N4O5. The van der Waals surface area contributed by atoms with Gasteiger partial charge in [0.05, 0.1) is 9.95 Å². The van der Waals surface area contributed by atoms with Crippen molar-refractivity contribution in [2.75, 3.05) is 13.2 Å². The number of hydrogen-bond donors (Lipinski definition) is 1.